The molecule has 2 rings (SSSR count). The third-order valence-electron chi connectivity index (χ3n) is 2.72. The molecule has 0 N–H and O–H groups in total. The van der Waals surface area contributed by atoms with E-state index in [0.717, 1.165) is 15.6 Å². The summed E-state index contributed by atoms with van der Waals surface area (Å²) in [5.74, 6) is -0.497. The maximum Gasteiger partial charge on any atom is 0.124 e. The first kappa shape index (κ1) is 14.2. The summed E-state index contributed by atoms with van der Waals surface area (Å²) in [4.78, 5) is 2.01. The first-order chi connectivity index (χ1) is 9.02. The molecule has 2 aromatic carbocycles. The van der Waals surface area contributed by atoms with E-state index in [1.165, 1.54) is 24.3 Å². The number of halogens is 3. The third-order valence-corrected chi connectivity index (χ3v) is 3.17. The monoisotopic (exact) mass is 325 g/mol. The molecule has 1 nitrogen and oxygen atoms in total. The van der Waals surface area contributed by atoms with Gasteiger partial charge in [-0.05, 0) is 48.5 Å². The molecule has 0 aliphatic rings. The molecule has 0 aliphatic heterocycles. The van der Waals surface area contributed by atoms with Crippen molar-refractivity contribution in [2.45, 2.75) is 13.1 Å². The van der Waals surface area contributed by atoms with Crippen LogP contribution in [0.3, 0.4) is 0 Å². The van der Waals surface area contributed by atoms with Gasteiger partial charge in [-0.15, -0.1) is 0 Å². The lowest BCUT2D eigenvalue weighted by atomic mass is 10.2. The number of hydrogen-bond acceptors (Lipinski definition) is 1. The van der Waals surface area contributed by atoms with Crippen molar-refractivity contribution in [3.05, 3.63) is 69.7 Å². The Balaban J connectivity index is 2.03. The Kier molecular flexibility index (Phi) is 4.66. The van der Waals surface area contributed by atoms with Gasteiger partial charge in [0, 0.05) is 17.6 Å². The Labute approximate surface area is 120 Å². The predicted octanol–water partition coefficient (Wildman–Crippen LogP) is 4.36. The standard InChI is InChI=1S/C15H14BrF2N/c1-19(9-11-3-2-4-14(17)6-11)10-12-5-13(16)8-15(18)7-12/h2-8H,9-10H2,1H3. The normalized spacial score (nSPS) is 11.0. The van der Waals surface area contributed by atoms with Gasteiger partial charge in [-0.2, -0.15) is 0 Å². The first-order valence-electron chi connectivity index (χ1n) is 5.91. The zero-order valence-electron chi connectivity index (χ0n) is 10.5. The molecule has 0 amide bonds. The Hall–Kier alpha value is -1.26. The molecular formula is C15H14BrF2N. The van der Waals surface area contributed by atoms with Crippen molar-refractivity contribution in [3.8, 4) is 0 Å². The number of hydrogen-bond donors (Lipinski definition) is 0. The van der Waals surface area contributed by atoms with Crippen molar-refractivity contribution in [2.75, 3.05) is 7.05 Å². The summed E-state index contributed by atoms with van der Waals surface area (Å²) in [7, 11) is 1.92. The van der Waals surface area contributed by atoms with Crippen molar-refractivity contribution in [2.24, 2.45) is 0 Å². The van der Waals surface area contributed by atoms with E-state index in [9.17, 15) is 8.78 Å². The lowest BCUT2D eigenvalue weighted by Gasteiger charge is -2.17. The van der Waals surface area contributed by atoms with E-state index in [-0.39, 0.29) is 11.6 Å². The summed E-state index contributed by atoms with van der Waals surface area (Å²) in [6, 6.07) is 11.3. The fourth-order valence-corrected chi connectivity index (χ4v) is 2.53. The van der Waals surface area contributed by atoms with E-state index in [4.69, 9.17) is 0 Å². The molecule has 0 heterocycles. The minimum Gasteiger partial charge on any atom is -0.298 e. The van der Waals surface area contributed by atoms with E-state index in [2.05, 4.69) is 15.9 Å². The minimum atomic E-state index is -0.261. The number of benzene rings is 2. The summed E-state index contributed by atoms with van der Waals surface area (Å²) >= 11 is 3.27. The Morgan fingerprint density at radius 2 is 1.63 bits per heavy atom. The van der Waals surface area contributed by atoms with Crippen LogP contribution in [0.1, 0.15) is 11.1 Å². The largest absolute Gasteiger partial charge is 0.298 e. The van der Waals surface area contributed by atoms with Gasteiger partial charge in [-0.1, -0.05) is 28.1 Å². The second kappa shape index (κ2) is 6.26. The molecular weight excluding hydrogens is 312 g/mol. The van der Waals surface area contributed by atoms with E-state index >= 15 is 0 Å². The second-order valence-corrected chi connectivity index (χ2v) is 5.50. The summed E-state index contributed by atoms with van der Waals surface area (Å²) in [6.07, 6.45) is 0. The first-order valence-corrected chi connectivity index (χ1v) is 6.70. The molecule has 0 aromatic heterocycles. The van der Waals surface area contributed by atoms with E-state index in [0.29, 0.717) is 13.1 Å². The van der Waals surface area contributed by atoms with Crippen molar-refractivity contribution >= 4 is 15.9 Å². The SMILES string of the molecule is CN(Cc1cccc(F)c1)Cc1cc(F)cc(Br)c1. The summed E-state index contributed by atoms with van der Waals surface area (Å²) in [5, 5.41) is 0. The Bertz CT molecular complexity index is 552. The molecule has 0 aliphatic carbocycles. The van der Waals surface area contributed by atoms with E-state index in [1.807, 2.05) is 24.1 Å². The van der Waals surface area contributed by atoms with Crippen molar-refractivity contribution in [1.82, 2.24) is 4.90 Å². The molecule has 4 heteroatoms. The molecule has 19 heavy (non-hydrogen) atoms. The number of nitrogens with zero attached hydrogens (tertiary/aromatic N) is 1. The van der Waals surface area contributed by atoms with Crippen LogP contribution < -0.4 is 0 Å². The zero-order chi connectivity index (χ0) is 13.8. The van der Waals surface area contributed by atoms with Crippen LogP contribution in [-0.2, 0) is 13.1 Å². The zero-order valence-corrected chi connectivity index (χ0v) is 12.1. The molecule has 0 bridgehead atoms. The lowest BCUT2D eigenvalue weighted by molar-refractivity contribution is 0.318. The van der Waals surface area contributed by atoms with Gasteiger partial charge in [-0.25, -0.2) is 8.78 Å². The van der Waals surface area contributed by atoms with Crippen LogP contribution >= 0.6 is 15.9 Å². The molecule has 0 atom stereocenters. The van der Waals surface area contributed by atoms with Gasteiger partial charge in [0.05, 0.1) is 0 Å². The topological polar surface area (TPSA) is 3.24 Å². The average Bonchev–Trinajstić information content (AvgIpc) is 2.26. The van der Waals surface area contributed by atoms with Gasteiger partial charge in [0.15, 0.2) is 0 Å². The van der Waals surface area contributed by atoms with E-state index < -0.39 is 0 Å². The Morgan fingerprint density at radius 1 is 0.947 bits per heavy atom. The van der Waals surface area contributed by atoms with Crippen LogP contribution in [0.4, 0.5) is 8.78 Å². The second-order valence-electron chi connectivity index (χ2n) is 4.58. The molecule has 0 unspecified atom stereocenters. The average molecular weight is 326 g/mol. The maximum atomic E-state index is 13.3. The number of rotatable bonds is 4. The summed E-state index contributed by atoms with van der Waals surface area (Å²) in [5.41, 5.74) is 1.78. The summed E-state index contributed by atoms with van der Waals surface area (Å²) < 4.78 is 27.1. The molecule has 0 radical (unpaired) electrons. The van der Waals surface area contributed by atoms with Crippen LogP contribution in [0, 0.1) is 11.6 Å². The quantitative estimate of drug-likeness (QED) is 0.807. The highest BCUT2D eigenvalue weighted by Gasteiger charge is 2.05. The van der Waals surface area contributed by atoms with Gasteiger partial charge in [0.1, 0.15) is 11.6 Å². The van der Waals surface area contributed by atoms with Crippen LogP contribution in [0.2, 0.25) is 0 Å². The van der Waals surface area contributed by atoms with Crippen LogP contribution in [-0.4, -0.2) is 11.9 Å². The van der Waals surface area contributed by atoms with Crippen molar-refractivity contribution in [1.29, 1.82) is 0 Å². The fourth-order valence-electron chi connectivity index (χ4n) is 2.02. The minimum absolute atomic E-state index is 0.237. The van der Waals surface area contributed by atoms with Crippen LogP contribution in [0.15, 0.2) is 46.9 Å². The molecule has 0 fully saturated rings. The highest BCUT2D eigenvalue weighted by molar-refractivity contribution is 9.10. The predicted molar refractivity (Wildman–Crippen MR) is 75.7 cm³/mol. The Morgan fingerprint density at radius 3 is 2.32 bits per heavy atom. The van der Waals surface area contributed by atoms with E-state index in [1.54, 1.807) is 6.07 Å². The van der Waals surface area contributed by atoms with Crippen LogP contribution in [0.25, 0.3) is 0 Å². The van der Waals surface area contributed by atoms with Gasteiger partial charge in [-0.3, -0.25) is 4.90 Å². The molecule has 0 saturated carbocycles. The van der Waals surface area contributed by atoms with Gasteiger partial charge in [0.2, 0.25) is 0 Å². The van der Waals surface area contributed by atoms with Crippen LogP contribution in [0.5, 0.6) is 0 Å². The molecule has 100 valence electrons. The van der Waals surface area contributed by atoms with Gasteiger partial charge >= 0.3 is 0 Å². The molecule has 2 aromatic rings. The lowest BCUT2D eigenvalue weighted by Crippen LogP contribution is -2.17. The van der Waals surface area contributed by atoms with Crippen molar-refractivity contribution in [3.63, 3.8) is 0 Å². The highest BCUT2D eigenvalue weighted by Crippen LogP contribution is 2.17. The van der Waals surface area contributed by atoms with Gasteiger partial charge < -0.3 is 0 Å². The molecule has 0 spiro atoms. The van der Waals surface area contributed by atoms with Gasteiger partial charge in [0.25, 0.3) is 0 Å². The smallest absolute Gasteiger partial charge is 0.124 e. The molecule has 0 saturated heterocycles. The fraction of sp³-hybridized carbons (Fsp3) is 0.200. The summed E-state index contributed by atoms with van der Waals surface area (Å²) in [6.45, 7) is 1.22. The maximum absolute atomic E-state index is 13.3. The third kappa shape index (κ3) is 4.40. The highest BCUT2D eigenvalue weighted by atomic mass is 79.9. The van der Waals surface area contributed by atoms with Crippen molar-refractivity contribution < 1.29 is 8.78 Å².